The number of sulfone groups is 1. The van der Waals surface area contributed by atoms with Crippen molar-refractivity contribution in [2.24, 2.45) is 0 Å². The zero-order valence-electron chi connectivity index (χ0n) is 16.5. The van der Waals surface area contributed by atoms with Gasteiger partial charge in [-0.15, -0.1) is 0 Å². The van der Waals surface area contributed by atoms with Gasteiger partial charge in [0.1, 0.15) is 5.75 Å². The lowest BCUT2D eigenvalue weighted by atomic mass is 9.82. The van der Waals surface area contributed by atoms with Crippen LogP contribution in [0.5, 0.6) is 5.75 Å². The summed E-state index contributed by atoms with van der Waals surface area (Å²) in [7, 11) is 0.717. The lowest BCUT2D eigenvalue weighted by molar-refractivity contribution is 0.299. The number of benzene rings is 2. The van der Waals surface area contributed by atoms with Gasteiger partial charge in [-0.05, 0) is 79.1 Å². The molecule has 2 aromatic carbocycles. The zero-order chi connectivity index (χ0) is 19.7. The van der Waals surface area contributed by atoms with Crippen molar-refractivity contribution in [3.05, 3.63) is 64.1 Å². The Kier molecular flexibility index (Phi) is 5.30. The molecular formula is C23H27NO3S. The molecular weight excluding hydrogens is 370 g/mol. The molecule has 2 aliphatic rings. The predicted molar refractivity (Wildman–Crippen MR) is 113 cm³/mol. The number of rotatable bonds is 6. The second-order valence-electron chi connectivity index (χ2n) is 7.85. The van der Waals surface area contributed by atoms with Gasteiger partial charge in [-0.25, -0.2) is 8.42 Å². The number of hydrogen-bond acceptors (Lipinski definition) is 4. The third kappa shape index (κ3) is 3.74. The van der Waals surface area contributed by atoms with E-state index in [0.29, 0.717) is 10.8 Å². The van der Waals surface area contributed by atoms with E-state index in [0.717, 1.165) is 37.2 Å². The van der Waals surface area contributed by atoms with Gasteiger partial charge < -0.3 is 9.64 Å². The fourth-order valence-corrected chi connectivity index (χ4v) is 5.65. The number of fused-ring (bicyclic) bond motifs is 2. The summed E-state index contributed by atoms with van der Waals surface area (Å²) >= 11 is 0. The molecule has 4 rings (SSSR count). The summed E-state index contributed by atoms with van der Waals surface area (Å²) in [6.07, 6.45) is 6.13. The van der Waals surface area contributed by atoms with Gasteiger partial charge in [-0.3, -0.25) is 0 Å². The molecule has 1 heterocycles. The molecule has 0 saturated carbocycles. The molecule has 0 fully saturated rings. The Bertz CT molecular complexity index is 1010. The number of ether oxygens (including phenoxy) is 1. The van der Waals surface area contributed by atoms with Crippen LogP contribution in [0.25, 0.3) is 6.08 Å². The molecule has 1 atom stereocenters. The molecule has 1 aliphatic carbocycles. The number of nitrogens with zero attached hydrogens (tertiary/aromatic N) is 1. The van der Waals surface area contributed by atoms with Crippen LogP contribution in [0.3, 0.4) is 0 Å². The van der Waals surface area contributed by atoms with E-state index in [9.17, 15) is 8.42 Å². The molecule has 1 unspecified atom stereocenters. The van der Waals surface area contributed by atoms with E-state index in [-0.39, 0.29) is 0 Å². The van der Waals surface area contributed by atoms with Crippen molar-refractivity contribution in [3.8, 4) is 5.75 Å². The third-order valence-corrected chi connectivity index (χ3v) is 7.41. The Morgan fingerprint density at radius 3 is 2.89 bits per heavy atom. The van der Waals surface area contributed by atoms with Crippen LogP contribution >= 0.6 is 0 Å². The molecule has 4 nitrogen and oxygen atoms in total. The maximum atomic E-state index is 11.9. The minimum absolute atomic E-state index is 0.428. The van der Waals surface area contributed by atoms with Crippen molar-refractivity contribution in [3.63, 3.8) is 0 Å². The summed E-state index contributed by atoms with van der Waals surface area (Å²) in [6, 6.07) is 12.1. The molecule has 0 radical (unpaired) electrons. The second-order valence-corrected chi connectivity index (χ2v) is 9.65. The normalized spacial score (nSPS) is 19.5. The summed E-state index contributed by atoms with van der Waals surface area (Å²) in [5.41, 5.74) is 4.80. The van der Waals surface area contributed by atoms with Gasteiger partial charge in [-0.1, -0.05) is 24.3 Å². The minimum Gasteiger partial charge on any atom is -0.496 e. The monoisotopic (exact) mass is 397 g/mol. The van der Waals surface area contributed by atoms with Gasteiger partial charge in [0.15, 0.2) is 9.84 Å². The van der Waals surface area contributed by atoms with Gasteiger partial charge >= 0.3 is 0 Å². The summed E-state index contributed by atoms with van der Waals surface area (Å²) in [5, 5.41) is 1.29. The first-order valence-electron chi connectivity index (χ1n) is 9.88. The number of methoxy groups -OCH3 is 1. The highest BCUT2D eigenvalue weighted by molar-refractivity contribution is 7.94. The van der Waals surface area contributed by atoms with Crippen LogP contribution in [0.2, 0.25) is 0 Å². The molecule has 0 bridgehead atoms. The van der Waals surface area contributed by atoms with Gasteiger partial charge in [0.25, 0.3) is 0 Å². The van der Waals surface area contributed by atoms with Gasteiger partial charge in [0, 0.05) is 18.5 Å². The van der Waals surface area contributed by atoms with Crippen molar-refractivity contribution < 1.29 is 13.2 Å². The molecule has 5 heteroatoms. The Balaban J connectivity index is 1.40. The standard InChI is InChI=1S/C23H27NO3S/c1-24(13-11-17-9-10-23-18(15-17)12-14-28(23,25)26)16-19-5-3-7-21-20(19)6-4-8-22(21)27-2/h4,6,8-10,12,14-15,19H,3,5,7,11,13,16H2,1-2H3. The van der Waals surface area contributed by atoms with Crippen molar-refractivity contribution in [2.75, 3.05) is 27.2 Å². The maximum Gasteiger partial charge on any atom is 0.200 e. The molecule has 0 N–H and O–H groups in total. The highest BCUT2D eigenvalue weighted by atomic mass is 32.2. The first kappa shape index (κ1) is 19.2. The van der Waals surface area contributed by atoms with E-state index in [1.165, 1.54) is 34.9 Å². The second kappa shape index (κ2) is 7.72. The molecule has 28 heavy (non-hydrogen) atoms. The number of hydrogen-bond donors (Lipinski definition) is 0. The highest BCUT2D eigenvalue weighted by Crippen LogP contribution is 2.37. The number of likely N-dealkylation sites (N-methyl/N-ethyl adjacent to an activating group) is 1. The Labute approximate surface area is 167 Å². The molecule has 0 saturated heterocycles. The van der Waals surface area contributed by atoms with Gasteiger partial charge in [0.2, 0.25) is 0 Å². The van der Waals surface area contributed by atoms with Crippen LogP contribution < -0.4 is 4.74 Å². The Morgan fingerprint density at radius 2 is 2.07 bits per heavy atom. The molecule has 0 spiro atoms. The smallest absolute Gasteiger partial charge is 0.200 e. The van der Waals surface area contributed by atoms with Crippen LogP contribution in [0, 0.1) is 0 Å². The summed E-state index contributed by atoms with van der Waals surface area (Å²) in [4.78, 5) is 2.82. The van der Waals surface area contributed by atoms with E-state index in [1.807, 2.05) is 12.1 Å². The fraction of sp³-hybridized carbons (Fsp3) is 0.391. The average Bonchev–Trinajstić information content (AvgIpc) is 3.00. The Morgan fingerprint density at radius 1 is 1.21 bits per heavy atom. The van der Waals surface area contributed by atoms with Crippen molar-refractivity contribution in [1.29, 1.82) is 0 Å². The van der Waals surface area contributed by atoms with E-state index in [1.54, 1.807) is 19.3 Å². The SMILES string of the molecule is COc1cccc2c1CCCC2CN(C)CCc1ccc2c(c1)C=CS2(=O)=O. The minimum atomic E-state index is -3.21. The molecule has 0 amide bonds. The summed E-state index contributed by atoms with van der Waals surface area (Å²) < 4.78 is 29.3. The molecule has 148 valence electrons. The van der Waals surface area contributed by atoms with Gasteiger partial charge in [-0.2, -0.15) is 0 Å². The molecule has 1 aliphatic heterocycles. The average molecular weight is 398 g/mol. The van der Waals surface area contributed by atoms with Crippen molar-refractivity contribution in [1.82, 2.24) is 4.90 Å². The van der Waals surface area contributed by atoms with Crippen LogP contribution in [0.1, 0.15) is 41.0 Å². The van der Waals surface area contributed by atoms with E-state index < -0.39 is 9.84 Å². The topological polar surface area (TPSA) is 46.6 Å². The highest BCUT2D eigenvalue weighted by Gasteiger charge is 2.24. The van der Waals surface area contributed by atoms with Crippen LogP contribution in [0.4, 0.5) is 0 Å². The lowest BCUT2D eigenvalue weighted by Gasteiger charge is -2.30. The Hall–Kier alpha value is -2.11. The first-order valence-corrected chi connectivity index (χ1v) is 11.4. The van der Waals surface area contributed by atoms with Gasteiger partial charge in [0.05, 0.1) is 12.0 Å². The largest absolute Gasteiger partial charge is 0.496 e. The predicted octanol–water partition coefficient (Wildman–Crippen LogP) is 4.05. The van der Waals surface area contributed by atoms with Crippen molar-refractivity contribution in [2.45, 2.75) is 36.5 Å². The van der Waals surface area contributed by atoms with Crippen LogP contribution in [-0.2, 0) is 22.7 Å². The van der Waals surface area contributed by atoms with Crippen LogP contribution in [-0.4, -0.2) is 40.6 Å². The van der Waals surface area contributed by atoms with E-state index in [2.05, 4.69) is 30.1 Å². The van der Waals surface area contributed by atoms with E-state index in [4.69, 9.17) is 4.74 Å². The molecule has 0 aromatic heterocycles. The fourth-order valence-electron chi connectivity index (χ4n) is 4.46. The summed E-state index contributed by atoms with van der Waals surface area (Å²) in [5.74, 6) is 1.56. The quantitative estimate of drug-likeness (QED) is 0.738. The summed E-state index contributed by atoms with van der Waals surface area (Å²) in [6.45, 7) is 1.98. The van der Waals surface area contributed by atoms with E-state index >= 15 is 0 Å². The van der Waals surface area contributed by atoms with Crippen LogP contribution in [0.15, 0.2) is 46.7 Å². The molecule has 2 aromatic rings. The zero-order valence-corrected chi connectivity index (χ0v) is 17.3. The lowest BCUT2D eigenvalue weighted by Crippen LogP contribution is -2.28. The third-order valence-electron chi connectivity index (χ3n) is 5.93. The first-order chi connectivity index (χ1) is 13.5. The maximum absolute atomic E-state index is 11.9. The van der Waals surface area contributed by atoms with Crippen molar-refractivity contribution >= 4 is 15.9 Å².